The molecule has 0 bridgehead atoms. The summed E-state index contributed by atoms with van der Waals surface area (Å²) in [5, 5.41) is 6.04. The van der Waals surface area contributed by atoms with Crippen LogP contribution in [0.2, 0.25) is 0 Å². The summed E-state index contributed by atoms with van der Waals surface area (Å²) < 4.78 is 0. The molecule has 0 amide bonds. The monoisotopic (exact) mass is 336 g/mol. The van der Waals surface area contributed by atoms with E-state index in [-0.39, 0.29) is 0 Å². The molecule has 2 atom stereocenters. The zero-order chi connectivity index (χ0) is 15.9. The van der Waals surface area contributed by atoms with E-state index in [4.69, 9.17) is 0 Å². The molecule has 3 heterocycles. The van der Waals surface area contributed by atoms with Crippen molar-refractivity contribution in [3.05, 3.63) is 69.1 Å². The van der Waals surface area contributed by atoms with Gasteiger partial charge in [-0.2, -0.15) is 0 Å². The highest BCUT2D eigenvalue weighted by Gasteiger charge is 2.44. The maximum Gasteiger partial charge on any atom is 0.0568 e. The Morgan fingerprint density at radius 1 is 1.17 bits per heavy atom. The average Bonchev–Trinajstić information content (AvgIpc) is 2.80. The standard InChI is InChI=1S/C21H24N2S/c1-2-6-15(7-3-1)12-16-13-22-14-18-17-8-4-9-19-21(17)23(20(16)18)10-5-11-24-19/h1-3,5-7,11,16,20,22H,4,8-10,12-14H2. The van der Waals surface area contributed by atoms with Crippen molar-refractivity contribution in [2.75, 3.05) is 19.6 Å². The van der Waals surface area contributed by atoms with Gasteiger partial charge in [-0.1, -0.05) is 36.4 Å². The molecule has 3 heteroatoms. The topological polar surface area (TPSA) is 15.3 Å². The Morgan fingerprint density at radius 2 is 2.08 bits per heavy atom. The van der Waals surface area contributed by atoms with Gasteiger partial charge in [0, 0.05) is 24.5 Å². The van der Waals surface area contributed by atoms with Gasteiger partial charge in [-0.15, -0.1) is 11.8 Å². The second-order valence-corrected chi connectivity index (χ2v) is 8.30. The Hall–Kier alpha value is -1.45. The smallest absolute Gasteiger partial charge is 0.0568 e. The minimum absolute atomic E-state index is 0.605. The number of allylic oxidation sites excluding steroid dienone is 2. The largest absolute Gasteiger partial charge is 0.360 e. The summed E-state index contributed by atoms with van der Waals surface area (Å²) in [5.41, 5.74) is 6.46. The summed E-state index contributed by atoms with van der Waals surface area (Å²) in [6, 6.07) is 11.6. The number of nitrogens with one attached hydrogen (secondary N) is 1. The molecular weight excluding hydrogens is 312 g/mol. The average molecular weight is 337 g/mol. The fourth-order valence-electron chi connectivity index (χ4n) is 4.94. The predicted molar refractivity (Wildman–Crippen MR) is 102 cm³/mol. The zero-order valence-corrected chi connectivity index (χ0v) is 14.8. The molecule has 0 spiro atoms. The molecule has 0 aromatic heterocycles. The second kappa shape index (κ2) is 6.12. The highest BCUT2D eigenvalue weighted by molar-refractivity contribution is 8.05. The van der Waals surface area contributed by atoms with Gasteiger partial charge in [-0.25, -0.2) is 0 Å². The first kappa shape index (κ1) is 14.9. The maximum atomic E-state index is 3.72. The lowest BCUT2D eigenvalue weighted by atomic mass is 9.83. The van der Waals surface area contributed by atoms with Gasteiger partial charge in [-0.3, -0.25) is 0 Å². The van der Waals surface area contributed by atoms with Crippen LogP contribution in [0.3, 0.4) is 0 Å². The summed E-state index contributed by atoms with van der Waals surface area (Å²) in [6.07, 6.45) is 7.40. The number of nitrogens with zero attached hydrogens (tertiary/aromatic N) is 1. The van der Waals surface area contributed by atoms with Crippen LogP contribution in [0, 0.1) is 5.92 Å². The van der Waals surface area contributed by atoms with Crippen molar-refractivity contribution >= 4 is 11.8 Å². The molecule has 1 aromatic rings. The number of rotatable bonds is 2. The third-order valence-corrected chi connectivity index (χ3v) is 6.88. The normalized spacial score (nSPS) is 28.8. The highest BCUT2D eigenvalue weighted by atomic mass is 32.2. The van der Waals surface area contributed by atoms with Crippen molar-refractivity contribution in [3.8, 4) is 0 Å². The first-order valence-corrected chi connectivity index (χ1v) is 10.1. The number of hydrogen-bond acceptors (Lipinski definition) is 3. The Bertz CT molecular complexity index is 731. The van der Waals surface area contributed by atoms with Crippen LogP contribution in [-0.4, -0.2) is 30.6 Å². The summed E-state index contributed by atoms with van der Waals surface area (Å²) in [7, 11) is 0. The molecular formula is C21H24N2S. The van der Waals surface area contributed by atoms with Crippen molar-refractivity contribution in [1.82, 2.24) is 10.2 Å². The lowest BCUT2D eigenvalue weighted by molar-refractivity contribution is 0.223. The van der Waals surface area contributed by atoms with Gasteiger partial charge in [0.15, 0.2) is 0 Å². The number of fused-ring (bicyclic) bond motifs is 2. The summed E-state index contributed by atoms with van der Waals surface area (Å²) in [4.78, 5) is 4.36. The zero-order valence-electron chi connectivity index (χ0n) is 14.0. The Balaban J connectivity index is 1.54. The van der Waals surface area contributed by atoms with Crippen molar-refractivity contribution in [2.45, 2.75) is 31.7 Å². The SMILES string of the molecule is C1=CSC2=C3C(=C4CNCC(Cc5ccccc5)C4N3C1)CCC2. The van der Waals surface area contributed by atoms with E-state index >= 15 is 0 Å². The fraction of sp³-hybridized carbons (Fsp3) is 0.429. The molecule has 1 fully saturated rings. The minimum atomic E-state index is 0.605. The second-order valence-electron chi connectivity index (χ2n) is 7.30. The Morgan fingerprint density at radius 3 is 3.00 bits per heavy atom. The Labute approximate surface area is 148 Å². The highest BCUT2D eigenvalue weighted by Crippen LogP contribution is 2.49. The van der Waals surface area contributed by atoms with Crippen LogP contribution >= 0.6 is 11.8 Å². The molecule has 4 aliphatic rings. The van der Waals surface area contributed by atoms with Crippen molar-refractivity contribution in [3.63, 3.8) is 0 Å². The predicted octanol–water partition coefficient (Wildman–Crippen LogP) is 4.09. The van der Waals surface area contributed by atoms with Crippen LogP contribution in [0.15, 0.2) is 63.6 Å². The van der Waals surface area contributed by atoms with E-state index in [1.165, 1.54) is 31.2 Å². The van der Waals surface area contributed by atoms with Crippen LogP contribution in [0.1, 0.15) is 24.8 Å². The van der Waals surface area contributed by atoms with E-state index in [1.54, 1.807) is 21.7 Å². The third kappa shape index (κ3) is 2.37. The van der Waals surface area contributed by atoms with Crippen LogP contribution in [0.5, 0.6) is 0 Å². The number of thioether (sulfide) groups is 1. The van der Waals surface area contributed by atoms with Crippen LogP contribution < -0.4 is 5.32 Å². The van der Waals surface area contributed by atoms with E-state index in [9.17, 15) is 0 Å². The van der Waals surface area contributed by atoms with Gasteiger partial charge < -0.3 is 10.2 Å². The number of hydrogen-bond donors (Lipinski definition) is 1. The molecule has 0 saturated carbocycles. The van der Waals surface area contributed by atoms with E-state index in [2.05, 4.69) is 52.0 Å². The lowest BCUT2D eigenvalue weighted by Gasteiger charge is -2.39. The summed E-state index contributed by atoms with van der Waals surface area (Å²) in [6.45, 7) is 3.30. The van der Waals surface area contributed by atoms with E-state index in [1.807, 2.05) is 11.8 Å². The molecule has 1 saturated heterocycles. The quantitative estimate of drug-likeness (QED) is 0.876. The molecule has 1 N–H and O–H groups in total. The molecule has 2 unspecified atom stereocenters. The van der Waals surface area contributed by atoms with Crippen LogP contribution in [0.4, 0.5) is 0 Å². The molecule has 3 aliphatic heterocycles. The van der Waals surface area contributed by atoms with Crippen LogP contribution in [0.25, 0.3) is 0 Å². The first-order valence-electron chi connectivity index (χ1n) is 9.20. The molecule has 24 heavy (non-hydrogen) atoms. The van der Waals surface area contributed by atoms with Crippen LogP contribution in [-0.2, 0) is 6.42 Å². The number of benzene rings is 1. The minimum Gasteiger partial charge on any atom is -0.360 e. The van der Waals surface area contributed by atoms with E-state index in [0.29, 0.717) is 12.0 Å². The molecule has 1 aromatic carbocycles. The van der Waals surface area contributed by atoms with Gasteiger partial charge in [-0.05, 0) is 53.7 Å². The summed E-state index contributed by atoms with van der Waals surface area (Å²) >= 11 is 1.97. The van der Waals surface area contributed by atoms with Gasteiger partial charge in [0.1, 0.15) is 0 Å². The molecule has 5 rings (SSSR count). The van der Waals surface area contributed by atoms with Gasteiger partial charge in [0.2, 0.25) is 0 Å². The van der Waals surface area contributed by atoms with Gasteiger partial charge in [0.05, 0.1) is 11.7 Å². The van der Waals surface area contributed by atoms with Crippen molar-refractivity contribution < 1.29 is 0 Å². The number of piperidine rings is 1. The Kier molecular flexibility index (Phi) is 3.79. The van der Waals surface area contributed by atoms with Crippen molar-refractivity contribution in [2.24, 2.45) is 5.92 Å². The van der Waals surface area contributed by atoms with E-state index in [0.717, 1.165) is 19.6 Å². The maximum absolute atomic E-state index is 3.72. The molecule has 1 aliphatic carbocycles. The molecule has 2 nitrogen and oxygen atoms in total. The fourth-order valence-corrected chi connectivity index (χ4v) is 5.90. The van der Waals surface area contributed by atoms with Crippen molar-refractivity contribution in [1.29, 1.82) is 0 Å². The third-order valence-electron chi connectivity index (χ3n) is 5.87. The van der Waals surface area contributed by atoms with E-state index < -0.39 is 0 Å². The first-order chi connectivity index (χ1) is 11.9. The van der Waals surface area contributed by atoms with Gasteiger partial charge >= 0.3 is 0 Å². The lowest BCUT2D eigenvalue weighted by Crippen LogP contribution is -2.48. The molecule has 124 valence electrons. The van der Waals surface area contributed by atoms with Gasteiger partial charge in [0.25, 0.3) is 0 Å². The summed E-state index contributed by atoms with van der Waals surface area (Å²) in [5.74, 6) is 0.666. The molecule has 0 radical (unpaired) electrons.